The topological polar surface area (TPSA) is 41.1 Å². The normalized spacial score (nSPS) is 24.7. The van der Waals surface area contributed by atoms with Gasteiger partial charge in [-0.1, -0.05) is 20.3 Å². The minimum Gasteiger partial charge on any atom is -0.382 e. The second-order valence-electron chi connectivity index (χ2n) is 6.98. The second-order valence-corrected chi connectivity index (χ2v) is 8.00. The first-order chi connectivity index (χ1) is 10.0. The summed E-state index contributed by atoms with van der Waals surface area (Å²) < 4.78 is 0. The van der Waals surface area contributed by atoms with E-state index in [2.05, 4.69) is 42.7 Å². The van der Waals surface area contributed by atoms with E-state index in [4.69, 9.17) is 0 Å². The van der Waals surface area contributed by atoms with Crippen molar-refractivity contribution in [1.82, 2.24) is 0 Å². The molecule has 3 rings (SSSR count). The quantitative estimate of drug-likeness (QED) is 0.790. The van der Waals surface area contributed by atoms with Gasteiger partial charge < -0.3 is 10.6 Å². The molecule has 1 heterocycles. The Kier molecular flexibility index (Phi) is 4.16. The molecule has 1 aliphatic heterocycles. The van der Waals surface area contributed by atoms with Crippen molar-refractivity contribution in [3.8, 4) is 0 Å². The van der Waals surface area contributed by atoms with Crippen molar-refractivity contribution in [1.29, 1.82) is 0 Å². The maximum absolute atomic E-state index is 11.5. The monoisotopic (exact) mass is 304 g/mol. The molecule has 0 aromatic heterocycles. The van der Waals surface area contributed by atoms with Crippen molar-refractivity contribution in [2.45, 2.75) is 56.9 Å². The number of fused-ring (bicyclic) bond motifs is 1. The summed E-state index contributed by atoms with van der Waals surface area (Å²) in [4.78, 5) is 12.7. The summed E-state index contributed by atoms with van der Waals surface area (Å²) in [5.41, 5.74) is 2.56. The fourth-order valence-electron chi connectivity index (χ4n) is 3.21. The third-order valence-corrected chi connectivity index (χ3v) is 5.63. The van der Waals surface area contributed by atoms with Crippen LogP contribution in [0.15, 0.2) is 23.1 Å². The van der Waals surface area contributed by atoms with Gasteiger partial charge in [0.05, 0.1) is 11.4 Å². The van der Waals surface area contributed by atoms with Crippen LogP contribution in [0, 0.1) is 5.41 Å². The number of thioether (sulfide) groups is 1. The van der Waals surface area contributed by atoms with Gasteiger partial charge in [0.1, 0.15) is 0 Å². The lowest BCUT2D eigenvalue weighted by Crippen LogP contribution is -2.21. The van der Waals surface area contributed by atoms with E-state index in [9.17, 15) is 4.79 Å². The lowest BCUT2D eigenvalue weighted by molar-refractivity contribution is -0.113. The highest BCUT2D eigenvalue weighted by Crippen LogP contribution is 2.36. The summed E-state index contributed by atoms with van der Waals surface area (Å²) in [6, 6.07) is 6.88. The number of hydrogen-bond acceptors (Lipinski definition) is 3. The summed E-state index contributed by atoms with van der Waals surface area (Å²) in [6.45, 7) is 4.75. The Hall–Kier alpha value is -1.16. The summed E-state index contributed by atoms with van der Waals surface area (Å²) in [7, 11) is 0. The Morgan fingerprint density at radius 3 is 3.00 bits per heavy atom. The molecule has 3 nitrogen and oxygen atoms in total. The third-order valence-electron chi connectivity index (χ3n) is 4.56. The predicted molar refractivity (Wildman–Crippen MR) is 90.1 cm³/mol. The summed E-state index contributed by atoms with van der Waals surface area (Å²) in [5, 5.41) is 6.63. The van der Waals surface area contributed by atoms with Gasteiger partial charge >= 0.3 is 0 Å². The molecule has 0 bridgehead atoms. The van der Waals surface area contributed by atoms with Crippen molar-refractivity contribution in [2.24, 2.45) is 5.41 Å². The van der Waals surface area contributed by atoms with Gasteiger partial charge in [-0.3, -0.25) is 4.79 Å². The molecule has 114 valence electrons. The molecule has 0 spiro atoms. The molecule has 1 fully saturated rings. The molecule has 0 radical (unpaired) electrons. The molecular formula is C17H24N2OS. The van der Waals surface area contributed by atoms with Crippen molar-refractivity contribution in [2.75, 3.05) is 16.4 Å². The maximum atomic E-state index is 11.5. The van der Waals surface area contributed by atoms with Crippen molar-refractivity contribution in [3.63, 3.8) is 0 Å². The van der Waals surface area contributed by atoms with Crippen LogP contribution >= 0.6 is 11.8 Å². The molecule has 0 saturated heterocycles. The smallest absolute Gasteiger partial charge is 0.234 e. The zero-order valence-electron chi connectivity index (χ0n) is 12.9. The summed E-state index contributed by atoms with van der Waals surface area (Å²) >= 11 is 1.61. The van der Waals surface area contributed by atoms with Gasteiger partial charge in [-0.05, 0) is 49.3 Å². The van der Waals surface area contributed by atoms with Gasteiger partial charge in [0.25, 0.3) is 0 Å². The number of carbonyl (C=O) groups is 1. The van der Waals surface area contributed by atoms with E-state index < -0.39 is 0 Å². The SMILES string of the molecule is CC1(C)CCCC(Nc2ccc3c(c2)NC(=O)CS3)CC1. The van der Waals surface area contributed by atoms with E-state index in [-0.39, 0.29) is 5.91 Å². The van der Waals surface area contributed by atoms with Crippen LogP contribution in [0.25, 0.3) is 0 Å². The predicted octanol–water partition coefficient (Wildman–Crippen LogP) is 4.50. The number of anilines is 2. The highest BCUT2D eigenvalue weighted by atomic mass is 32.2. The molecule has 1 saturated carbocycles. The number of benzene rings is 1. The van der Waals surface area contributed by atoms with E-state index >= 15 is 0 Å². The number of hydrogen-bond donors (Lipinski definition) is 2. The van der Waals surface area contributed by atoms with Crippen LogP contribution in [0.1, 0.15) is 46.0 Å². The van der Waals surface area contributed by atoms with Gasteiger partial charge in [-0.2, -0.15) is 0 Å². The first-order valence-corrected chi connectivity index (χ1v) is 8.84. The highest BCUT2D eigenvalue weighted by molar-refractivity contribution is 8.00. The standard InChI is InChI=1S/C17H24N2OS/c1-17(2)8-3-4-12(7-9-17)18-13-5-6-15-14(10-13)19-16(20)11-21-15/h5-6,10,12,18H,3-4,7-9,11H2,1-2H3,(H,19,20). The molecule has 21 heavy (non-hydrogen) atoms. The Labute approximate surface area is 131 Å². The number of carbonyl (C=O) groups excluding carboxylic acids is 1. The zero-order chi connectivity index (χ0) is 14.9. The van der Waals surface area contributed by atoms with E-state index in [0.29, 0.717) is 17.2 Å². The van der Waals surface area contributed by atoms with E-state index in [1.54, 1.807) is 11.8 Å². The van der Waals surface area contributed by atoms with E-state index in [1.165, 1.54) is 37.0 Å². The van der Waals surface area contributed by atoms with Gasteiger partial charge in [-0.25, -0.2) is 0 Å². The second kappa shape index (κ2) is 5.91. The molecule has 1 aliphatic carbocycles. The summed E-state index contributed by atoms with van der Waals surface area (Å²) in [5.74, 6) is 0.623. The zero-order valence-corrected chi connectivity index (χ0v) is 13.7. The minimum absolute atomic E-state index is 0.0980. The van der Waals surface area contributed by atoms with Crippen LogP contribution in [0.3, 0.4) is 0 Å². The van der Waals surface area contributed by atoms with E-state index in [1.807, 2.05) is 0 Å². The lowest BCUT2D eigenvalue weighted by atomic mass is 9.85. The molecule has 1 amide bonds. The maximum Gasteiger partial charge on any atom is 0.234 e. The third kappa shape index (κ3) is 3.73. The Morgan fingerprint density at radius 2 is 2.14 bits per heavy atom. The molecule has 2 N–H and O–H groups in total. The molecular weight excluding hydrogens is 280 g/mol. The molecule has 1 aromatic carbocycles. The van der Waals surface area contributed by atoms with Crippen molar-refractivity contribution >= 4 is 29.0 Å². The average molecular weight is 304 g/mol. The van der Waals surface area contributed by atoms with E-state index in [0.717, 1.165) is 11.4 Å². The molecule has 4 heteroatoms. The number of amides is 1. The summed E-state index contributed by atoms with van der Waals surface area (Å²) in [6.07, 6.45) is 6.36. The molecule has 1 atom stereocenters. The van der Waals surface area contributed by atoms with Gasteiger partial charge in [0, 0.05) is 16.6 Å². The van der Waals surface area contributed by atoms with Gasteiger partial charge in [-0.15, -0.1) is 11.8 Å². The highest BCUT2D eigenvalue weighted by Gasteiger charge is 2.24. The number of nitrogens with one attached hydrogen (secondary N) is 2. The largest absolute Gasteiger partial charge is 0.382 e. The minimum atomic E-state index is 0.0980. The van der Waals surface area contributed by atoms with Crippen LogP contribution in [0.4, 0.5) is 11.4 Å². The van der Waals surface area contributed by atoms with Gasteiger partial charge in [0.2, 0.25) is 5.91 Å². The molecule has 1 aromatic rings. The molecule has 1 unspecified atom stereocenters. The fourth-order valence-corrected chi connectivity index (χ4v) is 4.00. The van der Waals surface area contributed by atoms with Crippen LogP contribution in [-0.2, 0) is 4.79 Å². The Bertz CT molecular complexity index is 542. The molecule has 2 aliphatic rings. The van der Waals surface area contributed by atoms with Crippen LogP contribution in [0.5, 0.6) is 0 Å². The lowest BCUT2D eigenvalue weighted by Gasteiger charge is -2.23. The Morgan fingerprint density at radius 1 is 1.29 bits per heavy atom. The van der Waals surface area contributed by atoms with Crippen LogP contribution in [-0.4, -0.2) is 17.7 Å². The van der Waals surface area contributed by atoms with Crippen LogP contribution in [0.2, 0.25) is 0 Å². The van der Waals surface area contributed by atoms with Crippen molar-refractivity contribution < 1.29 is 4.79 Å². The first-order valence-electron chi connectivity index (χ1n) is 7.85. The number of rotatable bonds is 2. The van der Waals surface area contributed by atoms with Gasteiger partial charge in [0.15, 0.2) is 0 Å². The fraction of sp³-hybridized carbons (Fsp3) is 0.588. The first kappa shape index (κ1) is 14.8. The average Bonchev–Trinajstić information content (AvgIpc) is 2.60. The van der Waals surface area contributed by atoms with Crippen LogP contribution < -0.4 is 10.6 Å². The van der Waals surface area contributed by atoms with Crippen molar-refractivity contribution in [3.05, 3.63) is 18.2 Å². The Balaban J connectivity index is 1.68.